The summed E-state index contributed by atoms with van der Waals surface area (Å²) in [7, 11) is 0. The normalized spacial score (nSPS) is 15.1. The van der Waals surface area contributed by atoms with Crippen molar-refractivity contribution in [2.45, 2.75) is 64.5 Å². The van der Waals surface area contributed by atoms with Gasteiger partial charge in [0.15, 0.2) is 0 Å². The number of nitrogens with one attached hydrogen (secondary N) is 2. The van der Waals surface area contributed by atoms with E-state index in [1.165, 1.54) is 35.1 Å². The molecule has 0 spiro atoms. The van der Waals surface area contributed by atoms with Gasteiger partial charge in [-0.2, -0.15) is 0 Å². The zero-order valence-electron chi connectivity index (χ0n) is 25.1. The van der Waals surface area contributed by atoms with Crippen LogP contribution in [0.1, 0.15) is 62.1 Å². The van der Waals surface area contributed by atoms with Crippen molar-refractivity contribution in [1.29, 1.82) is 0 Å². The third kappa shape index (κ3) is 7.68. The highest BCUT2D eigenvalue weighted by molar-refractivity contribution is 5.89. The fraction of sp³-hybridized carbons (Fsp3) is 0.342. The van der Waals surface area contributed by atoms with Crippen LogP contribution in [-0.4, -0.2) is 30.1 Å². The second kappa shape index (κ2) is 14.8. The zero-order chi connectivity index (χ0) is 29.1. The van der Waals surface area contributed by atoms with Crippen LogP contribution in [0.2, 0.25) is 0 Å². The molecule has 42 heavy (non-hydrogen) atoms. The van der Waals surface area contributed by atoms with Gasteiger partial charge >= 0.3 is 6.03 Å². The average Bonchev–Trinajstić information content (AvgIpc) is 3.05. The maximum Gasteiger partial charge on any atom is 0.322 e. The number of rotatable bonds is 11. The fourth-order valence-corrected chi connectivity index (χ4v) is 6.35. The van der Waals surface area contributed by atoms with Gasteiger partial charge in [-0.05, 0) is 84.6 Å². The highest BCUT2D eigenvalue weighted by atomic mass is 16.2. The Morgan fingerprint density at radius 1 is 0.810 bits per heavy atom. The van der Waals surface area contributed by atoms with Gasteiger partial charge in [0.2, 0.25) is 0 Å². The monoisotopic (exact) mass is 559 g/mol. The van der Waals surface area contributed by atoms with Gasteiger partial charge in [-0.3, -0.25) is 0 Å². The van der Waals surface area contributed by atoms with Crippen LogP contribution in [0.4, 0.5) is 10.5 Å². The van der Waals surface area contributed by atoms with Crippen LogP contribution in [0.3, 0.4) is 0 Å². The number of aryl methyl sites for hydroxylation is 1. The van der Waals surface area contributed by atoms with E-state index in [4.69, 9.17) is 0 Å². The minimum Gasteiger partial charge on any atom is -0.317 e. The Bertz CT molecular complexity index is 1360. The molecule has 2 N–H and O–H groups in total. The highest BCUT2D eigenvalue weighted by Crippen LogP contribution is 2.34. The third-order valence-electron chi connectivity index (χ3n) is 8.76. The first-order chi connectivity index (χ1) is 20.6. The summed E-state index contributed by atoms with van der Waals surface area (Å²) in [6, 6.07) is 38.3. The molecule has 1 saturated heterocycles. The Morgan fingerprint density at radius 2 is 1.40 bits per heavy atom. The van der Waals surface area contributed by atoms with Gasteiger partial charge in [0, 0.05) is 24.2 Å². The van der Waals surface area contributed by atoms with E-state index < -0.39 is 0 Å². The molecular weight excluding hydrogens is 514 g/mol. The van der Waals surface area contributed by atoms with Crippen molar-refractivity contribution in [3.05, 3.63) is 126 Å². The van der Waals surface area contributed by atoms with E-state index in [1.807, 2.05) is 6.07 Å². The SMILES string of the molecule is CCCCc1ccc(NC(=O)N(Cc2ccc(-c3ccccc3)cc2)C(C2CCNCC2)C(C)c2ccccc2)cc1. The second-order valence-corrected chi connectivity index (χ2v) is 11.7. The predicted octanol–water partition coefficient (Wildman–Crippen LogP) is 8.90. The molecule has 218 valence electrons. The standard InChI is InChI=1S/C38H45N3O/c1-3-4-11-30-18-22-36(23-19-30)40-38(42)41(28-31-16-20-34(21-17-31)33-14-9-6-10-15-33)37(35-24-26-39-27-25-35)29(2)32-12-7-5-8-13-32/h5-10,12-23,29,35,37,39H,3-4,11,24-28H2,1-2H3,(H,40,42). The van der Waals surface area contributed by atoms with E-state index in [-0.39, 0.29) is 18.0 Å². The lowest BCUT2D eigenvalue weighted by atomic mass is 9.79. The van der Waals surface area contributed by atoms with Crippen molar-refractivity contribution >= 4 is 11.7 Å². The molecule has 2 amide bonds. The molecule has 1 aliphatic heterocycles. The molecule has 2 atom stereocenters. The summed E-state index contributed by atoms with van der Waals surface area (Å²) < 4.78 is 0. The summed E-state index contributed by atoms with van der Waals surface area (Å²) >= 11 is 0. The molecule has 1 heterocycles. The molecule has 4 nitrogen and oxygen atoms in total. The maximum absolute atomic E-state index is 14.3. The van der Waals surface area contributed by atoms with Crippen LogP contribution < -0.4 is 10.6 Å². The first-order valence-electron chi connectivity index (χ1n) is 15.7. The Hall–Kier alpha value is -3.89. The number of hydrogen-bond acceptors (Lipinski definition) is 2. The molecule has 4 heteroatoms. The number of carbonyl (C=O) groups is 1. The van der Waals surface area contributed by atoms with Crippen LogP contribution >= 0.6 is 0 Å². The summed E-state index contributed by atoms with van der Waals surface area (Å²) in [4.78, 5) is 16.4. The van der Waals surface area contributed by atoms with Crippen LogP contribution in [0.5, 0.6) is 0 Å². The molecule has 4 aromatic rings. The lowest BCUT2D eigenvalue weighted by Gasteiger charge is -2.42. The zero-order valence-corrected chi connectivity index (χ0v) is 25.1. The van der Waals surface area contributed by atoms with E-state index >= 15 is 0 Å². The van der Waals surface area contributed by atoms with Crippen molar-refractivity contribution in [3.63, 3.8) is 0 Å². The van der Waals surface area contributed by atoms with E-state index in [9.17, 15) is 4.79 Å². The van der Waals surface area contributed by atoms with Crippen LogP contribution in [-0.2, 0) is 13.0 Å². The molecule has 1 fully saturated rings. The largest absolute Gasteiger partial charge is 0.322 e. The number of amides is 2. The third-order valence-corrected chi connectivity index (χ3v) is 8.76. The quantitative estimate of drug-likeness (QED) is 0.193. The van der Waals surface area contributed by atoms with Gasteiger partial charge < -0.3 is 15.5 Å². The highest BCUT2D eigenvalue weighted by Gasteiger charge is 2.36. The summed E-state index contributed by atoms with van der Waals surface area (Å²) in [5.74, 6) is 0.604. The molecule has 0 bridgehead atoms. The van der Waals surface area contributed by atoms with Gasteiger partial charge in [0.25, 0.3) is 0 Å². The van der Waals surface area contributed by atoms with Gasteiger partial charge in [0.1, 0.15) is 0 Å². The molecule has 0 saturated carbocycles. The van der Waals surface area contributed by atoms with E-state index in [0.717, 1.165) is 43.6 Å². The van der Waals surface area contributed by atoms with Gasteiger partial charge in [0.05, 0.1) is 0 Å². The van der Waals surface area contributed by atoms with Gasteiger partial charge in [-0.15, -0.1) is 0 Å². The van der Waals surface area contributed by atoms with Crippen LogP contribution in [0.15, 0.2) is 109 Å². The molecule has 4 aromatic carbocycles. The summed E-state index contributed by atoms with van der Waals surface area (Å²) in [5, 5.41) is 6.81. The first kappa shape index (κ1) is 29.6. The van der Waals surface area contributed by atoms with Crippen molar-refractivity contribution in [2.75, 3.05) is 18.4 Å². The first-order valence-corrected chi connectivity index (χ1v) is 15.7. The number of carbonyl (C=O) groups excluding carboxylic acids is 1. The lowest BCUT2D eigenvalue weighted by molar-refractivity contribution is 0.122. The molecule has 0 aromatic heterocycles. The predicted molar refractivity (Wildman–Crippen MR) is 176 cm³/mol. The van der Waals surface area contributed by atoms with E-state index in [1.54, 1.807) is 0 Å². The molecule has 1 aliphatic rings. The molecule has 0 radical (unpaired) electrons. The van der Waals surface area contributed by atoms with Crippen molar-refractivity contribution in [2.24, 2.45) is 5.92 Å². The summed E-state index contributed by atoms with van der Waals surface area (Å²) in [6.45, 7) is 7.05. The number of hydrogen-bond donors (Lipinski definition) is 2. The summed E-state index contributed by atoms with van der Waals surface area (Å²) in [6.07, 6.45) is 5.55. The Kier molecular flexibility index (Phi) is 10.5. The topological polar surface area (TPSA) is 44.4 Å². The number of piperidine rings is 1. The minimum atomic E-state index is -0.0326. The number of nitrogens with zero attached hydrogens (tertiary/aromatic N) is 1. The Morgan fingerprint density at radius 3 is 2.05 bits per heavy atom. The smallest absolute Gasteiger partial charge is 0.317 e. The molecule has 5 rings (SSSR count). The van der Waals surface area contributed by atoms with Crippen molar-refractivity contribution in [1.82, 2.24) is 10.2 Å². The van der Waals surface area contributed by atoms with E-state index in [0.29, 0.717) is 12.5 Å². The number of anilines is 1. The second-order valence-electron chi connectivity index (χ2n) is 11.7. The number of urea groups is 1. The van der Waals surface area contributed by atoms with Gasteiger partial charge in [-0.1, -0.05) is 117 Å². The average molecular weight is 560 g/mol. The van der Waals surface area contributed by atoms with Crippen LogP contribution in [0.25, 0.3) is 11.1 Å². The fourth-order valence-electron chi connectivity index (χ4n) is 6.35. The number of unbranched alkanes of at least 4 members (excludes halogenated alkanes) is 1. The Balaban J connectivity index is 1.45. The molecule has 0 aliphatic carbocycles. The summed E-state index contributed by atoms with van der Waals surface area (Å²) in [5.41, 5.74) is 6.96. The molecular formula is C38H45N3O. The minimum absolute atomic E-state index is 0.0326. The van der Waals surface area contributed by atoms with Gasteiger partial charge in [-0.25, -0.2) is 4.79 Å². The number of benzene rings is 4. The molecule has 2 unspecified atom stereocenters. The lowest BCUT2D eigenvalue weighted by Crippen LogP contribution is -2.51. The van der Waals surface area contributed by atoms with E-state index in [2.05, 4.69) is 133 Å². The van der Waals surface area contributed by atoms with Crippen LogP contribution in [0, 0.1) is 5.92 Å². The van der Waals surface area contributed by atoms with Crippen molar-refractivity contribution in [3.8, 4) is 11.1 Å². The maximum atomic E-state index is 14.3. The Labute approximate surface area is 252 Å². The van der Waals surface area contributed by atoms with Crippen molar-refractivity contribution < 1.29 is 4.79 Å².